The molecule has 0 atom stereocenters. The molecule has 0 amide bonds. The number of aryl methyl sites for hydroxylation is 4. The molecule has 0 bridgehead atoms. The monoisotopic (exact) mass is 1530 g/mol. The Morgan fingerprint density at radius 3 is 0.740 bits per heavy atom. The van der Waals surface area contributed by atoms with Crippen molar-refractivity contribution in [2.24, 2.45) is 0 Å². The molecule has 0 saturated heterocycles. The fourth-order valence-corrected chi connectivity index (χ4v) is 17.8. The maximum atomic E-state index is 12.3. The van der Waals surface area contributed by atoms with Crippen LogP contribution in [0.2, 0.25) is 9.79 Å². The van der Waals surface area contributed by atoms with Crippen molar-refractivity contribution < 1.29 is 22.7 Å². The normalized spacial score (nSPS) is 12.5. The van der Waals surface area contributed by atoms with Crippen molar-refractivity contribution in [1.29, 1.82) is 0 Å². The van der Waals surface area contributed by atoms with Crippen LogP contribution in [0.4, 0.5) is 0 Å². The topological polar surface area (TPSA) is 25.3 Å². The van der Waals surface area contributed by atoms with Crippen molar-refractivity contribution in [2.45, 2.75) is 533 Å². The van der Waals surface area contributed by atoms with Gasteiger partial charge in [0.1, 0.15) is 0 Å². The van der Waals surface area contributed by atoms with Gasteiger partial charge >= 0.3 is 169 Å². The summed E-state index contributed by atoms with van der Waals surface area (Å²) >= 11 is 1.06. The third-order valence-electron chi connectivity index (χ3n) is 22.9. The van der Waals surface area contributed by atoms with Gasteiger partial charge in [-0.1, -0.05) is 342 Å². The van der Waals surface area contributed by atoms with Gasteiger partial charge < -0.3 is 5.53 Å². The molecule has 2 aromatic carbocycles. The SMILES string of the molecule is CCCCCCCCCCCC=CC1=C(c2cc(CCCC)cc(CCCC)c2)[N+](=[N-])C(c2cc(CCCCCCCC)cc(CCCCCCCC)c2)=C1.CCCCCCCCCCCCCCCCCCCCCCC[CH2][Pd][CH2]CCCCCCCCCCCCCCCCCCCCCCC. The molecule has 2 nitrogen and oxygen atoms in total. The van der Waals surface area contributed by atoms with Gasteiger partial charge in [0, 0.05) is 17.2 Å². The van der Waals surface area contributed by atoms with Gasteiger partial charge in [-0.3, -0.25) is 0 Å². The molecule has 2 aromatic rings. The summed E-state index contributed by atoms with van der Waals surface area (Å²) in [6, 6.07) is 14.4. The Balaban J connectivity index is 0.000000713. The van der Waals surface area contributed by atoms with Gasteiger partial charge in [-0.15, -0.1) is 0 Å². The number of hydrogen-bond donors (Lipinski definition) is 0. The van der Waals surface area contributed by atoms with Crippen LogP contribution in [0.15, 0.2) is 60.2 Å². The van der Waals surface area contributed by atoms with Crippen LogP contribution in [0.5, 0.6) is 0 Å². The van der Waals surface area contributed by atoms with Crippen LogP contribution in [-0.2, 0) is 43.7 Å². The van der Waals surface area contributed by atoms with Gasteiger partial charge in [0.25, 0.3) is 0 Å². The van der Waals surface area contributed by atoms with E-state index in [1.54, 1.807) is 14.5 Å². The number of unbranched alkanes of at least 4 members (excludes halogenated alkanes) is 63. The molecule has 0 aromatic heterocycles. The summed E-state index contributed by atoms with van der Waals surface area (Å²) in [4.78, 5) is 3.10. The third kappa shape index (κ3) is 58.8. The molecular formula is C101H182N2Pd. The summed E-state index contributed by atoms with van der Waals surface area (Å²) in [5.41, 5.74) is 23.3. The zero-order chi connectivity index (χ0) is 74.6. The number of hydrogen-bond acceptors (Lipinski definition) is 0. The van der Waals surface area contributed by atoms with E-state index >= 15 is 0 Å². The van der Waals surface area contributed by atoms with Crippen LogP contribution < -0.4 is 0 Å². The summed E-state index contributed by atoms with van der Waals surface area (Å²) in [6.07, 6.45) is 111. The van der Waals surface area contributed by atoms with E-state index in [2.05, 4.69) is 103 Å². The van der Waals surface area contributed by atoms with Crippen LogP contribution in [0.3, 0.4) is 0 Å². The van der Waals surface area contributed by atoms with Gasteiger partial charge in [0.2, 0.25) is 11.4 Å². The summed E-state index contributed by atoms with van der Waals surface area (Å²) in [5, 5.41) is 0. The smallest absolute Gasteiger partial charge is 0.0654 e. The second kappa shape index (κ2) is 77.6. The molecular weight excluding hydrogens is 1350 g/mol. The van der Waals surface area contributed by atoms with E-state index in [1.165, 1.54) is 471 Å². The fourth-order valence-electron chi connectivity index (χ4n) is 15.9. The molecule has 0 radical (unpaired) electrons. The first-order valence-electron chi connectivity index (χ1n) is 47.8. The van der Waals surface area contributed by atoms with Gasteiger partial charge in [-0.05, 0) is 111 Å². The van der Waals surface area contributed by atoms with Crippen LogP contribution in [0.1, 0.15) is 531 Å². The molecule has 0 fully saturated rings. The first kappa shape index (κ1) is 98.0. The van der Waals surface area contributed by atoms with Crippen molar-refractivity contribution >= 4 is 11.4 Å². The molecule has 606 valence electrons. The molecule has 1 aliphatic rings. The Hall–Kier alpha value is -2.08. The molecule has 3 heteroatoms. The minimum Gasteiger partial charge on any atom is -0.0654 e. The summed E-state index contributed by atoms with van der Waals surface area (Å²) in [6.45, 7) is 16.1. The molecule has 0 aliphatic carbocycles. The predicted octanol–water partition coefficient (Wildman–Crippen LogP) is 36.6. The second-order valence-electron chi connectivity index (χ2n) is 33.3. The Morgan fingerprint density at radius 2 is 0.471 bits per heavy atom. The number of nitrogens with zero attached hydrogens (tertiary/aromatic N) is 2. The minimum absolute atomic E-state index is 0.931. The Labute approximate surface area is 662 Å². The standard InChI is InChI=1S/C53H84N2.2C24H49.Pd/c1-6-11-16-19-22-23-24-25-26-29-32-37-49-44-52(55(54)53(49)51-42-45(33-14-9-4)38-46(43-51)34-15-10-5)50-40-47(35-30-27-20-17-12-7-2)39-48(41-50)36-31-28-21-18-13-8-3;2*1-3-5-7-9-11-13-15-17-19-21-23-24-22-20-18-16-14-12-10-8-6-4-2;/h32,37-44H,6-31,33-36H2,1-5H3;2*1,3-24H2,2H3;. The molecule has 1 heterocycles. The number of allylic oxidation sites excluding steroid dienone is 4. The average Bonchev–Trinajstić information content (AvgIpc) is 1.62. The van der Waals surface area contributed by atoms with Crippen molar-refractivity contribution in [2.75, 3.05) is 0 Å². The van der Waals surface area contributed by atoms with Crippen LogP contribution >= 0.6 is 0 Å². The average molecular weight is 1530 g/mol. The number of rotatable bonds is 79. The van der Waals surface area contributed by atoms with E-state index in [1.807, 2.05) is 0 Å². The summed E-state index contributed by atoms with van der Waals surface area (Å²) < 4.78 is 1.55. The molecule has 104 heavy (non-hydrogen) atoms. The minimum atomic E-state index is 0.931. The van der Waals surface area contributed by atoms with Crippen molar-refractivity contribution in [3.8, 4) is 0 Å². The Kier molecular flexibility index (Phi) is 73.2. The molecule has 0 saturated carbocycles. The third-order valence-corrected chi connectivity index (χ3v) is 25.1. The summed E-state index contributed by atoms with van der Waals surface area (Å²) in [7, 11) is 0. The van der Waals surface area contributed by atoms with Crippen LogP contribution in [0.25, 0.3) is 16.9 Å². The Morgan fingerprint density at radius 1 is 0.250 bits per heavy atom. The second-order valence-corrected chi connectivity index (χ2v) is 35.6. The van der Waals surface area contributed by atoms with Crippen LogP contribution in [0, 0.1) is 0 Å². The fraction of sp³-hybridized carbons (Fsp3) is 0.822. The zero-order valence-electron chi connectivity index (χ0n) is 71.6. The molecule has 0 unspecified atom stereocenters. The van der Waals surface area contributed by atoms with Gasteiger partial charge in [0.15, 0.2) is 0 Å². The first-order chi connectivity index (χ1) is 51.5. The summed E-state index contributed by atoms with van der Waals surface area (Å²) in [5.74, 6) is 0. The van der Waals surface area contributed by atoms with Crippen molar-refractivity contribution in [3.63, 3.8) is 0 Å². The van der Waals surface area contributed by atoms with E-state index in [9.17, 15) is 5.53 Å². The zero-order valence-corrected chi connectivity index (χ0v) is 73.2. The Bertz CT molecular complexity index is 2140. The van der Waals surface area contributed by atoms with E-state index < -0.39 is 0 Å². The first-order valence-corrected chi connectivity index (χ1v) is 50.0. The maximum absolute atomic E-state index is 12.3. The van der Waals surface area contributed by atoms with Gasteiger partial charge in [-0.25, -0.2) is 4.70 Å². The molecule has 1 aliphatic heterocycles. The van der Waals surface area contributed by atoms with Gasteiger partial charge in [0.05, 0.1) is 5.57 Å². The van der Waals surface area contributed by atoms with Crippen molar-refractivity contribution in [3.05, 3.63) is 99.1 Å². The van der Waals surface area contributed by atoms with E-state index in [-0.39, 0.29) is 0 Å². The van der Waals surface area contributed by atoms with Crippen molar-refractivity contribution in [1.82, 2.24) is 0 Å². The van der Waals surface area contributed by atoms with E-state index in [4.69, 9.17) is 0 Å². The van der Waals surface area contributed by atoms with E-state index in [0.717, 1.165) is 72.6 Å². The number of benzene rings is 2. The molecule has 0 N–H and O–H groups in total. The molecule has 0 spiro atoms. The predicted molar refractivity (Wildman–Crippen MR) is 468 cm³/mol. The van der Waals surface area contributed by atoms with Crippen LogP contribution in [-0.4, -0.2) is 4.70 Å². The van der Waals surface area contributed by atoms with E-state index in [0.29, 0.717) is 0 Å². The van der Waals surface area contributed by atoms with Gasteiger partial charge in [-0.2, -0.15) is 0 Å². The molecule has 3 rings (SSSR count). The quantitative estimate of drug-likeness (QED) is 0.0358.